The Morgan fingerprint density at radius 2 is 2.33 bits per heavy atom. The summed E-state index contributed by atoms with van der Waals surface area (Å²) in [6, 6.07) is 0.0919. The van der Waals surface area contributed by atoms with E-state index >= 15 is 0 Å². The second-order valence-electron chi connectivity index (χ2n) is 6.18. The number of aromatic nitrogens is 2. The van der Waals surface area contributed by atoms with Crippen LogP contribution in [0.1, 0.15) is 33.6 Å². The van der Waals surface area contributed by atoms with Gasteiger partial charge in [-0.1, -0.05) is 0 Å². The van der Waals surface area contributed by atoms with Gasteiger partial charge in [0, 0.05) is 13.1 Å². The second-order valence-corrected chi connectivity index (χ2v) is 6.18. The number of ether oxygens (including phenoxy) is 1. The number of amides is 1. The Morgan fingerprint density at radius 3 is 3.00 bits per heavy atom. The first-order chi connectivity index (χ1) is 9.87. The number of nitrogens with two attached hydrogens (primary N) is 1. The molecule has 3 N–H and O–H groups in total. The molecule has 0 bridgehead atoms. The van der Waals surface area contributed by atoms with Crippen LogP contribution in [0.3, 0.4) is 0 Å². The van der Waals surface area contributed by atoms with E-state index < -0.39 is 5.60 Å². The molecule has 0 aliphatic carbocycles. The van der Waals surface area contributed by atoms with Crippen molar-refractivity contribution in [2.45, 2.75) is 45.3 Å². The van der Waals surface area contributed by atoms with Gasteiger partial charge in [-0.05, 0) is 33.6 Å². The quantitative estimate of drug-likeness (QED) is 0.883. The Labute approximate surface area is 124 Å². The van der Waals surface area contributed by atoms with Crippen LogP contribution >= 0.6 is 0 Å². The van der Waals surface area contributed by atoms with Crippen LogP contribution in [0.25, 0.3) is 0 Å². The molecule has 0 radical (unpaired) electrons. The average molecular weight is 293 g/mol. The van der Waals surface area contributed by atoms with Gasteiger partial charge in [-0.25, -0.2) is 14.8 Å². The van der Waals surface area contributed by atoms with Crippen molar-refractivity contribution in [1.82, 2.24) is 14.9 Å². The third-order valence-electron chi connectivity index (χ3n) is 3.25. The van der Waals surface area contributed by atoms with Crippen LogP contribution in [0, 0.1) is 0 Å². The van der Waals surface area contributed by atoms with E-state index in [9.17, 15) is 4.79 Å². The van der Waals surface area contributed by atoms with Gasteiger partial charge in [0.25, 0.3) is 0 Å². The topological polar surface area (TPSA) is 93.4 Å². The van der Waals surface area contributed by atoms with Gasteiger partial charge in [-0.3, -0.25) is 0 Å². The van der Waals surface area contributed by atoms with Gasteiger partial charge in [-0.2, -0.15) is 0 Å². The highest BCUT2D eigenvalue weighted by Crippen LogP contribution is 2.22. The van der Waals surface area contributed by atoms with Crippen LogP contribution in [0.2, 0.25) is 0 Å². The van der Waals surface area contributed by atoms with Crippen molar-refractivity contribution in [3.05, 3.63) is 12.5 Å². The number of hydrogen-bond donors (Lipinski definition) is 2. The fraction of sp³-hybridized carbons (Fsp3) is 0.643. The molecule has 7 nitrogen and oxygen atoms in total. The molecule has 0 saturated carbocycles. The van der Waals surface area contributed by atoms with Crippen LogP contribution in [-0.4, -0.2) is 45.7 Å². The van der Waals surface area contributed by atoms with E-state index in [2.05, 4.69) is 15.3 Å². The summed E-state index contributed by atoms with van der Waals surface area (Å²) in [5, 5.41) is 3.18. The number of anilines is 2. The first kappa shape index (κ1) is 15.3. The fourth-order valence-corrected chi connectivity index (χ4v) is 2.31. The molecule has 1 aromatic heterocycles. The molecule has 21 heavy (non-hydrogen) atoms. The SMILES string of the molecule is CC(C)(C)OC(=O)N1CCC[C@H]1CNc1ncncc1N. The molecular weight excluding hydrogens is 270 g/mol. The molecule has 2 rings (SSSR count). The maximum atomic E-state index is 12.2. The van der Waals surface area contributed by atoms with E-state index in [1.807, 2.05) is 20.8 Å². The first-order valence-electron chi connectivity index (χ1n) is 7.16. The van der Waals surface area contributed by atoms with Gasteiger partial charge in [-0.15, -0.1) is 0 Å². The van der Waals surface area contributed by atoms with Crippen LogP contribution in [0.5, 0.6) is 0 Å². The molecular formula is C14H23N5O2. The molecule has 1 atom stereocenters. The Balaban J connectivity index is 1.93. The number of likely N-dealkylation sites (tertiary alicyclic amines) is 1. The predicted octanol–water partition coefficient (Wildman–Crippen LogP) is 1.87. The normalized spacial score (nSPS) is 18.6. The van der Waals surface area contributed by atoms with Crippen molar-refractivity contribution in [1.29, 1.82) is 0 Å². The Hall–Kier alpha value is -2.05. The van der Waals surface area contributed by atoms with Crippen LogP contribution < -0.4 is 11.1 Å². The number of hydrogen-bond acceptors (Lipinski definition) is 6. The highest BCUT2D eigenvalue weighted by Gasteiger charge is 2.32. The van der Waals surface area contributed by atoms with Crippen molar-refractivity contribution in [2.24, 2.45) is 0 Å². The molecule has 1 aliphatic rings. The van der Waals surface area contributed by atoms with E-state index in [0.29, 0.717) is 18.1 Å². The second kappa shape index (κ2) is 6.15. The molecule has 116 valence electrons. The average Bonchev–Trinajstić information content (AvgIpc) is 2.84. The van der Waals surface area contributed by atoms with E-state index in [1.165, 1.54) is 6.33 Å². The van der Waals surface area contributed by atoms with Crippen molar-refractivity contribution >= 4 is 17.6 Å². The monoisotopic (exact) mass is 293 g/mol. The van der Waals surface area contributed by atoms with E-state index in [0.717, 1.165) is 19.4 Å². The van der Waals surface area contributed by atoms with Crippen molar-refractivity contribution < 1.29 is 9.53 Å². The van der Waals surface area contributed by atoms with Gasteiger partial charge in [0.05, 0.1) is 17.9 Å². The van der Waals surface area contributed by atoms with E-state index in [-0.39, 0.29) is 12.1 Å². The third kappa shape index (κ3) is 4.21. The first-order valence-corrected chi connectivity index (χ1v) is 7.16. The van der Waals surface area contributed by atoms with Crippen LogP contribution in [0.4, 0.5) is 16.3 Å². The summed E-state index contributed by atoms with van der Waals surface area (Å²) in [5.41, 5.74) is 5.81. The maximum absolute atomic E-state index is 12.2. The van der Waals surface area contributed by atoms with Gasteiger partial charge < -0.3 is 20.7 Å². The molecule has 1 amide bonds. The van der Waals surface area contributed by atoms with Crippen LogP contribution in [0.15, 0.2) is 12.5 Å². The minimum Gasteiger partial charge on any atom is -0.444 e. The number of nitrogens with zero attached hydrogens (tertiary/aromatic N) is 3. The molecule has 0 unspecified atom stereocenters. The summed E-state index contributed by atoms with van der Waals surface area (Å²) < 4.78 is 5.44. The predicted molar refractivity (Wildman–Crippen MR) is 80.9 cm³/mol. The molecule has 0 spiro atoms. The third-order valence-corrected chi connectivity index (χ3v) is 3.25. The lowest BCUT2D eigenvalue weighted by molar-refractivity contribution is 0.0235. The summed E-state index contributed by atoms with van der Waals surface area (Å²) in [5.74, 6) is 0.598. The van der Waals surface area contributed by atoms with E-state index in [4.69, 9.17) is 10.5 Å². The zero-order valence-corrected chi connectivity index (χ0v) is 12.8. The summed E-state index contributed by atoms with van der Waals surface area (Å²) >= 11 is 0. The Kier molecular flexibility index (Phi) is 4.50. The zero-order chi connectivity index (χ0) is 15.5. The smallest absolute Gasteiger partial charge is 0.410 e. The lowest BCUT2D eigenvalue weighted by atomic mass is 10.2. The molecule has 1 aliphatic heterocycles. The minimum atomic E-state index is -0.477. The standard InChI is InChI=1S/C14H23N5O2/c1-14(2,3)21-13(20)19-6-4-5-10(19)7-17-12-11(15)8-16-9-18-12/h8-10H,4-7,15H2,1-3H3,(H,16,17,18)/t10-/m0/s1. The summed E-state index contributed by atoms with van der Waals surface area (Å²) in [7, 11) is 0. The van der Waals surface area contributed by atoms with E-state index in [1.54, 1.807) is 11.1 Å². The Morgan fingerprint density at radius 1 is 1.57 bits per heavy atom. The van der Waals surface area contributed by atoms with Gasteiger partial charge in [0.15, 0.2) is 5.82 Å². The highest BCUT2D eigenvalue weighted by atomic mass is 16.6. The highest BCUT2D eigenvalue weighted by molar-refractivity contribution is 5.69. The molecule has 1 aromatic rings. The Bertz CT molecular complexity index is 500. The maximum Gasteiger partial charge on any atom is 0.410 e. The largest absolute Gasteiger partial charge is 0.444 e. The zero-order valence-electron chi connectivity index (χ0n) is 12.8. The summed E-state index contributed by atoms with van der Waals surface area (Å²) in [6.07, 6.45) is 4.65. The molecule has 1 saturated heterocycles. The van der Waals surface area contributed by atoms with Crippen molar-refractivity contribution in [3.8, 4) is 0 Å². The minimum absolute atomic E-state index is 0.0919. The molecule has 1 fully saturated rings. The van der Waals surface area contributed by atoms with Gasteiger partial charge in [0.2, 0.25) is 0 Å². The summed E-state index contributed by atoms with van der Waals surface area (Å²) in [4.78, 5) is 21.9. The van der Waals surface area contributed by atoms with Crippen molar-refractivity contribution in [3.63, 3.8) is 0 Å². The number of carbonyl (C=O) groups excluding carboxylic acids is 1. The number of rotatable bonds is 3. The number of carbonyl (C=O) groups is 1. The molecule has 0 aromatic carbocycles. The number of nitrogens with one attached hydrogen (secondary N) is 1. The number of nitrogen functional groups attached to an aromatic ring is 1. The van der Waals surface area contributed by atoms with Crippen LogP contribution in [-0.2, 0) is 4.74 Å². The lowest BCUT2D eigenvalue weighted by Gasteiger charge is -2.28. The van der Waals surface area contributed by atoms with Gasteiger partial charge in [0.1, 0.15) is 11.9 Å². The summed E-state index contributed by atoms with van der Waals surface area (Å²) in [6.45, 7) is 6.93. The lowest BCUT2D eigenvalue weighted by Crippen LogP contribution is -2.42. The van der Waals surface area contributed by atoms with Crippen molar-refractivity contribution in [2.75, 3.05) is 24.1 Å². The molecule has 7 heteroatoms. The molecule has 2 heterocycles. The fourth-order valence-electron chi connectivity index (χ4n) is 2.31. The van der Waals surface area contributed by atoms with Gasteiger partial charge >= 0.3 is 6.09 Å².